The van der Waals surface area contributed by atoms with Gasteiger partial charge in [-0.1, -0.05) is 0 Å². The third-order valence-electron chi connectivity index (χ3n) is 4.47. The van der Waals surface area contributed by atoms with E-state index in [0.717, 1.165) is 24.5 Å². The Bertz CT molecular complexity index is 722. The van der Waals surface area contributed by atoms with E-state index in [9.17, 15) is 9.90 Å². The van der Waals surface area contributed by atoms with Crippen molar-refractivity contribution in [1.82, 2.24) is 19.9 Å². The smallest absolute Gasteiger partial charge is 0.255 e. The number of anilines is 1. The van der Waals surface area contributed by atoms with Gasteiger partial charge in [0.2, 0.25) is 0 Å². The Balaban J connectivity index is 1.68. The van der Waals surface area contributed by atoms with E-state index >= 15 is 0 Å². The lowest BCUT2D eigenvalue weighted by Crippen LogP contribution is -2.54. The molecule has 1 fully saturated rings. The maximum atomic E-state index is 12.6. The van der Waals surface area contributed by atoms with Crippen molar-refractivity contribution >= 4 is 11.7 Å². The van der Waals surface area contributed by atoms with Crippen molar-refractivity contribution in [2.45, 2.75) is 25.4 Å². The number of rotatable bonds is 4. The number of piperidine rings is 1. The zero-order valence-electron chi connectivity index (χ0n) is 14.6. The minimum absolute atomic E-state index is 0.141. The van der Waals surface area contributed by atoms with E-state index in [-0.39, 0.29) is 12.5 Å². The average Bonchev–Trinajstić information content (AvgIpc) is 2.62. The van der Waals surface area contributed by atoms with Crippen LogP contribution in [0.3, 0.4) is 0 Å². The van der Waals surface area contributed by atoms with Gasteiger partial charge in [-0.2, -0.15) is 0 Å². The van der Waals surface area contributed by atoms with Crippen molar-refractivity contribution in [3.8, 4) is 0 Å². The lowest BCUT2D eigenvalue weighted by Gasteiger charge is -2.41. The average molecular weight is 341 g/mol. The number of hydrogen-bond donors (Lipinski definition) is 1. The molecule has 7 heteroatoms. The molecule has 1 saturated heterocycles. The summed E-state index contributed by atoms with van der Waals surface area (Å²) in [5, 5.41) is 11.0. The molecule has 0 unspecified atom stereocenters. The normalized spacial score (nSPS) is 20.4. The zero-order chi connectivity index (χ0) is 17.9. The van der Waals surface area contributed by atoms with Crippen molar-refractivity contribution in [2.24, 2.45) is 0 Å². The fraction of sp³-hybridized carbons (Fsp3) is 0.444. The monoisotopic (exact) mass is 341 g/mol. The number of aryl methyl sites for hydroxylation is 1. The Morgan fingerprint density at radius 2 is 2.16 bits per heavy atom. The van der Waals surface area contributed by atoms with E-state index in [1.54, 1.807) is 42.8 Å². The second-order valence-corrected chi connectivity index (χ2v) is 6.66. The van der Waals surface area contributed by atoms with Crippen molar-refractivity contribution in [3.05, 3.63) is 48.2 Å². The summed E-state index contributed by atoms with van der Waals surface area (Å²) in [6, 6.07) is 3.57. The Labute approximate surface area is 147 Å². The summed E-state index contributed by atoms with van der Waals surface area (Å²) in [6.45, 7) is 3.39. The fourth-order valence-electron chi connectivity index (χ4n) is 3.22. The molecule has 0 spiro atoms. The first-order valence-corrected chi connectivity index (χ1v) is 8.38. The number of nitrogens with zero attached hydrogens (tertiary/aromatic N) is 5. The van der Waals surface area contributed by atoms with Gasteiger partial charge < -0.3 is 14.9 Å². The number of pyridine rings is 1. The van der Waals surface area contributed by atoms with E-state index < -0.39 is 5.60 Å². The van der Waals surface area contributed by atoms with Gasteiger partial charge in [-0.25, -0.2) is 4.98 Å². The Hall–Kier alpha value is -2.54. The molecule has 3 rings (SSSR count). The Morgan fingerprint density at radius 3 is 2.84 bits per heavy atom. The van der Waals surface area contributed by atoms with Gasteiger partial charge >= 0.3 is 0 Å². The summed E-state index contributed by atoms with van der Waals surface area (Å²) in [4.78, 5) is 28.7. The summed E-state index contributed by atoms with van der Waals surface area (Å²) in [6.07, 6.45) is 8.02. The molecule has 0 aromatic carbocycles. The van der Waals surface area contributed by atoms with Gasteiger partial charge in [-0.05, 0) is 31.9 Å². The molecular weight excluding hydrogens is 318 g/mol. The van der Waals surface area contributed by atoms with E-state index in [0.29, 0.717) is 18.5 Å². The van der Waals surface area contributed by atoms with E-state index in [1.165, 1.54) is 0 Å². The number of β-amino-alcohol motifs (C(OH)–C–C–N with tert-alkyl or cyclic N) is 1. The van der Waals surface area contributed by atoms with Crippen molar-refractivity contribution in [1.29, 1.82) is 0 Å². The largest absolute Gasteiger partial charge is 0.386 e. The number of carbonyl (C=O) groups is 1. The summed E-state index contributed by atoms with van der Waals surface area (Å²) >= 11 is 0. The van der Waals surface area contributed by atoms with E-state index in [1.807, 2.05) is 17.9 Å². The fourth-order valence-corrected chi connectivity index (χ4v) is 3.22. The van der Waals surface area contributed by atoms with Crippen LogP contribution in [0, 0.1) is 6.92 Å². The molecule has 1 N–H and O–H groups in total. The second kappa shape index (κ2) is 7.14. The molecule has 25 heavy (non-hydrogen) atoms. The highest BCUT2D eigenvalue weighted by Crippen LogP contribution is 2.25. The first-order chi connectivity index (χ1) is 12.0. The molecule has 2 aromatic rings. The van der Waals surface area contributed by atoms with Crippen LogP contribution in [0.25, 0.3) is 0 Å². The lowest BCUT2D eigenvalue weighted by atomic mass is 9.92. The molecule has 3 heterocycles. The van der Waals surface area contributed by atoms with Gasteiger partial charge in [0.15, 0.2) is 0 Å². The van der Waals surface area contributed by atoms with Crippen LogP contribution < -0.4 is 4.90 Å². The molecule has 1 aliphatic rings. The standard InChI is InChI=1S/C18H23N5O2/c1-14-4-5-15(10-21-14)17(24)22(2)12-18(25)6-3-9-23(13-18)16-11-19-7-8-20-16/h4-5,7-8,10-11,25H,3,6,9,12-13H2,1-2H3/t18-/m0/s1. The molecule has 1 amide bonds. The number of aromatic nitrogens is 3. The topological polar surface area (TPSA) is 82.5 Å². The predicted molar refractivity (Wildman–Crippen MR) is 94.4 cm³/mol. The number of likely N-dealkylation sites (N-methyl/N-ethyl adjacent to an activating group) is 1. The highest BCUT2D eigenvalue weighted by molar-refractivity contribution is 5.93. The lowest BCUT2D eigenvalue weighted by molar-refractivity contribution is -0.000157. The van der Waals surface area contributed by atoms with Gasteiger partial charge in [-0.15, -0.1) is 0 Å². The van der Waals surface area contributed by atoms with Gasteiger partial charge in [-0.3, -0.25) is 14.8 Å². The number of amides is 1. The van der Waals surface area contributed by atoms with Gasteiger partial charge in [0.05, 0.1) is 23.9 Å². The Kier molecular flexibility index (Phi) is 4.94. The molecule has 0 bridgehead atoms. The third-order valence-corrected chi connectivity index (χ3v) is 4.47. The molecule has 0 saturated carbocycles. The van der Waals surface area contributed by atoms with Crippen molar-refractivity contribution < 1.29 is 9.90 Å². The van der Waals surface area contributed by atoms with Gasteiger partial charge in [0.1, 0.15) is 5.82 Å². The van der Waals surface area contributed by atoms with Crippen LogP contribution in [0.5, 0.6) is 0 Å². The highest BCUT2D eigenvalue weighted by atomic mass is 16.3. The SMILES string of the molecule is Cc1ccc(C(=O)N(C)C[C@@]2(O)CCCN(c3cnccn3)C2)cn1. The number of carbonyl (C=O) groups excluding carboxylic acids is 1. The number of aliphatic hydroxyl groups is 1. The van der Waals surface area contributed by atoms with Gasteiger partial charge in [0, 0.05) is 44.4 Å². The third kappa shape index (κ3) is 4.11. The highest BCUT2D eigenvalue weighted by Gasteiger charge is 2.36. The maximum Gasteiger partial charge on any atom is 0.255 e. The molecule has 2 aromatic heterocycles. The van der Waals surface area contributed by atoms with Gasteiger partial charge in [0.25, 0.3) is 5.91 Å². The van der Waals surface area contributed by atoms with Crippen LogP contribution in [0.1, 0.15) is 28.9 Å². The maximum absolute atomic E-state index is 12.6. The predicted octanol–water partition coefficient (Wildman–Crippen LogP) is 1.28. The van der Waals surface area contributed by atoms with Crippen LogP contribution in [0.2, 0.25) is 0 Å². The Morgan fingerprint density at radius 1 is 1.32 bits per heavy atom. The molecule has 1 atom stereocenters. The van der Waals surface area contributed by atoms with E-state index in [4.69, 9.17) is 0 Å². The van der Waals surface area contributed by atoms with Crippen molar-refractivity contribution in [2.75, 3.05) is 31.6 Å². The molecule has 1 aliphatic heterocycles. The minimum Gasteiger partial charge on any atom is -0.386 e. The molecule has 0 radical (unpaired) electrons. The van der Waals surface area contributed by atoms with Crippen LogP contribution >= 0.6 is 0 Å². The summed E-state index contributed by atoms with van der Waals surface area (Å²) < 4.78 is 0. The first kappa shape index (κ1) is 17.3. The van der Waals surface area contributed by atoms with Crippen LogP contribution in [-0.4, -0.2) is 63.1 Å². The van der Waals surface area contributed by atoms with E-state index in [2.05, 4.69) is 15.0 Å². The zero-order valence-corrected chi connectivity index (χ0v) is 14.6. The number of hydrogen-bond acceptors (Lipinski definition) is 6. The second-order valence-electron chi connectivity index (χ2n) is 6.66. The summed E-state index contributed by atoms with van der Waals surface area (Å²) in [7, 11) is 1.71. The molecule has 132 valence electrons. The summed E-state index contributed by atoms with van der Waals surface area (Å²) in [5.74, 6) is 0.606. The minimum atomic E-state index is -0.974. The molecule has 0 aliphatic carbocycles. The molecule has 7 nitrogen and oxygen atoms in total. The first-order valence-electron chi connectivity index (χ1n) is 8.38. The van der Waals surface area contributed by atoms with Crippen molar-refractivity contribution in [3.63, 3.8) is 0 Å². The summed E-state index contributed by atoms with van der Waals surface area (Å²) in [5.41, 5.74) is 0.418. The van der Waals surface area contributed by atoms with Crippen LogP contribution in [0.4, 0.5) is 5.82 Å². The quantitative estimate of drug-likeness (QED) is 0.902. The van der Waals surface area contributed by atoms with Crippen LogP contribution in [0.15, 0.2) is 36.9 Å². The molecular formula is C18H23N5O2. The van der Waals surface area contributed by atoms with Crippen LogP contribution in [-0.2, 0) is 0 Å².